The van der Waals surface area contributed by atoms with Crippen LogP contribution in [0.25, 0.3) is 11.8 Å². The van der Waals surface area contributed by atoms with Gasteiger partial charge in [0.25, 0.3) is 0 Å². The van der Waals surface area contributed by atoms with Gasteiger partial charge in [0, 0.05) is 29.2 Å². The average molecular weight is 428 g/mol. The molecule has 0 aliphatic heterocycles. The normalized spacial score (nSPS) is 11.0. The van der Waals surface area contributed by atoms with E-state index in [1.807, 2.05) is 59.4 Å². The van der Waals surface area contributed by atoms with E-state index in [9.17, 15) is 14.9 Å². The highest BCUT2D eigenvalue weighted by Gasteiger charge is 2.11. The van der Waals surface area contributed by atoms with Gasteiger partial charge in [0.2, 0.25) is 0 Å². The number of allylic oxidation sites excluding steroid dienone is 1. The molecule has 0 radical (unpaired) electrons. The molecule has 0 unspecified atom stereocenters. The Morgan fingerprint density at radius 2 is 1.97 bits per heavy atom. The molecule has 160 valence electrons. The van der Waals surface area contributed by atoms with E-state index in [0.29, 0.717) is 17.9 Å². The molecule has 0 saturated heterocycles. The second-order valence-corrected chi connectivity index (χ2v) is 7.06. The summed E-state index contributed by atoms with van der Waals surface area (Å²) in [4.78, 5) is 23.1. The summed E-state index contributed by atoms with van der Waals surface area (Å²) < 4.78 is 8.82. The van der Waals surface area contributed by atoms with E-state index in [1.54, 1.807) is 25.3 Å². The Kier molecular flexibility index (Phi) is 5.94. The summed E-state index contributed by atoms with van der Waals surface area (Å²) in [6.07, 6.45) is 9.68. The number of ether oxygens (including phenoxy) is 1. The molecule has 2 aromatic carbocycles. The number of nitrogens with zero attached hydrogens (tertiary/aromatic N) is 4. The van der Waals surface area contributed by atoms with E-state index in [-0.39, 0.29) is 11.5 Å². The van der Waals surface area contributed by atoms with E-state index < -0.39 is 4.92 Å². The van der Waals surface area contributed by atoms with Gasteiger partial charge in [-0.2, -0.15) is 5.10 Å². The van der Waals surface area contributed by atoms with Crippen LogP contribution in [0.15, 0.2) is 85.5 Å². The van der Waals surface area contributed by atoms with Crippen molar-refractivity contribution in [1.29, 1.82) is 0 Å². The van der Waals surface area contributed by atoms with Crippen LogP contribution in [0.3, 0.4) is 0 Å². The number of carbonyl (C=O) groups excluding carboxylic acids is 1. The van der Waals surface area contributed by atoms with Crippen LogP contribution in [-0.4, -0.2) is 32.2 Å². The third-order valence-electron chi connectivity index (χ3n) is 4.93. The van der Waals surface area contributed by atoms with Gasteiger partial charge in [-0.15, -0.1) is 0 Å². The molecule has 0 spiro atoms. The third-order valence-corrected chi connectivity index (χ3v) is 4.93. The molecule has 0 aliphatic carbocycles. The van der Waals surface area contributed by atoms with Crippen molar-refractivity contribution in [3.05, 3.63) is 112 Å². The Hall–Kier alpha value is -4.46. The van der Waals surface area contributed by atoms with E-state index in [4.69, 9.17) is 4.74 Å². The zero-order valence-electron chi connectivity index (χ0n) is 17.3. The van der Waals surface area contributed by atoms with Crippen molar-refractivity contribution in [3.8, 4) is 11.4 Å². The first-order valence-electron chi connectivity index (χ1n) is 9.83. The number of hydrogen-bond donors (Lipinski definition) is 0. The number of benzene rings is 2. The number of hydrogen-bond acceptors (Lipinski definition) is 5. The zero-order valence-corrected chi connectivity index (χ0v) is 17.3. The first-order chi connectivity index (χ1) is 15.5. The standard InChI is InChI=1S/C24H20N4O4/c1-32-24-10-8-18(13-20(24)16-27-17-22(15-25-27)28(30)31)7-9-23(29)19-5-4-6-21(14-19)26-11-2-3-12-26/h2-15,17H,16H2,1H3/b9-7+. The van der Waals surface area contributed by atoms with Crippen molar-refractivity contribution in [2.75, 3.05) is 7.11 Å². The second kappa shape index (κ2) is 9.13. The Morgan fingerprint density at radius 1 is 1.16 bits per heavy atom. The summed E-state index contributed by atoms with van der Waals surface area (Å²) >= 11 is 0. The predicted molar refractivity (Wildman–Crippen MR) is 120 cm³/mol. The van der Waals surface area contributed by atoms with Gasteiger partial charge in [0.15, 0.2) is 5.78 Å². The molecule has 0 bridgehead atoms. The fraction of sp³-hybridized carbons (Fsp3) is 0.0833. The van der Waals surface area contributed by atoms with E-state index in [2.05, 4.69) is 5.10 Å². The Balaban J connectivity index is 1.53. The number of carbonyl (C=O) groups is 1. The molecule has 4 aromatic rings. The summed E-state index contributed by atoms with van der Waals surface area (Å²) in [5, 5.41) is 14.9. The van der Waals surface area contributed by atoms with Crippen molar-refractivity contribution >= 4 is 17.5 Å². The maximum absolute atomic E-state index is 12.7. The SMILES string of the molecule is COc1ccc(/C=C/C(=O)c2cccc(-n3cccc3)c2)cc1Cn1cc([N+](=O)[O-])cn1. The topological polar surface area (TPSA) is 92.2 Å². The first kappa shape index (κ1) is 20.8. The van der Waals surface area contributed by atoms with Crippen molar-refractivity contribution in [1.82, 2.24) is 14.3 Å². The fourth-order valence-electron chi connectivity index (χ4n) is 3.33. The number of methoxy groups -OCH3 is 1. The molecule has 2 aromatic heterocycles. The van der Waals surface area contributed by atoms with E-state index in [0.717, 1.165) is 16.8 Å². The van der Waals surface area contributed by atoms with E-state index in [1.165, 1.54) is 23.2 Å². The Morgan fingerprint density at radius 3 is 2.69 bits per heavy atom. The highest BCUT2D eigenvalue weighted by Crippen LogP contribution is 2.23. The molecule has 8 nitrogen and oxygen atoms in total. The number of rotatable bonds is 8. The minimum Gasteiger partial charge on any atom is -0.496 e. The highest BCUT2D eigenvalue weighted by molar-refractivity contribution is 6.07. The van der Waals surface area contributed by atoms with Crippen LogP contribution in [-0.2, 0) is 6.54 Å². The van der Waals surface area contributed by atoms with Crippen LogP contribution < -0.4 is 4.74 Å². The fourth-order valence-corrected chi connectivity index (χ4v) is 3.33. The number of ketones is 1. The zero-order chi connectivity index (χ0) is 22.5. The lowest BCUT2D eigenvalue weighted by Gasteiger charge is -2.09. The van der Waals surface area contributed by atoms with Gasteiger partial charge in [-0.1, -0.05) is 24.3 Å². The van der Waals surface area contributed by atoms with Gasteiger partial charge < -0.3 is 9.30 Å². The largest absolute Gasteiger partial charge is 0.496 e. The minimum atomic E-state index is -0.489. The maximum Gasteiger partial charge on any atom is 0.307 e. The first-order valence-corrected chi connectivity index (χ1v) is 9.83. The molecular formula is C24H20N4O4. The maximum atomic E-state index is 12.7. The predicted octanol–water partition coefficient (Wildman–Crippen LogP) is 4.54. The van der Waals surface area contributed by atoms with Gasteiger partial charge in [-0.25, -0.2) is 0 Å². The molecule has 0 N–H and O–H groups in total. The summed E-state index contributed by atoms with van der Waals surface area (Å²) in [6, 6.07) is 16.8. The van der Waals surface area contributed by atoms with Gasteiger partial charge in [0.1, 0.15) is 18.1 Å². The number of aromatic nitrogens is 3. The van der Waals surface area contributed by atoms with Crippen molar-refractivity contribution in [2.24, 2.45) is 0 Å². The molecule has 2 heterocycles. The summed E-state index contributed by atoms with van der Waals surface area (Å²) in [5.74, 6) is 0.519. The van der Waals surface area contributed by atoms with E-state index >= 15 is 0 Å². The second-order valence-electron chi connectivity index (χ2n) is 7.06. The molecule has 0 amide bonds. The highest BCUT2D eigenvalue weighted by atomic mass is 16.6. The molecule has 0 saturated carbocycles. The lowest BCUT2D eigenvalue weighted by Crippen LogP contribution is -2.02. The molecule has 8 heteroatoms. The van der Waals surface area contributed by atoms with Gasteiger partial charge in [-0.05, 0) is 48.0 Å². The molecule has 0 fully saturated rings. The van der Waals surface area contributed by atoms with Crippen LogP contribution in [0, 0.1) is 10.1 Å². The van der Waals surface area contributed by atoms with Crippen molar-refractivity contribution in [2.45, 2.75) is 6.54 Å². The lowest BCUT2D eigenvalue weighted by molar-refractivity contribution is -0.385. The smallest absolute Gasteiger partial charge is 0.307 e. The number of nitro groups is 1. The Labute approximate surface area is 184 Å². The Bertz CT molecular complexity index is 1290. The van der Waals surface area contributed by atoms with Gasteiger partial charge >= 0.3 is 5.69 Å². The van der Waals surface area contributed by atoms with Gasteiger partial charge in [-0.3, -0.25) is 19.6 Å². The van der Waals surface area contributed by atoms with Crippen molar-refractivity contribution in [3.63, 3.8) is 0 Å². The monoisotopic (exact) mass is 428 g/mol. The average Bonchev–Trinajstić information content (AvgIpc) is 3.50. The molecular weight excluding hydrogens is 408 g/mol. The molecule has 0 aliphatic rings. The van der Waals surface area contributed by atoms with Gasteiger partial charge in [0.05, 0.1) is 18.6 Å². The minimum absolute atomic E-state index is 0.0762. The summed E-state index contributed by atoms with van der Waals surface area (Å²) in [5.41, 5.74) is 3.01. The quantitative estimate of drug-likeness (QED) is 0.178. The molecule has 32 heavy (non-hydrogen) atoms. The van der Waals surface area contributed by atoms with Crippen LogP contribution in [0.2, 0.25) is 0 Å². The lowest BCUT2D eigenvalue weighted by atomic mass is 10.1. The van der Waals surface area contributed by atoms with Crippen LogP contribution in [0.1, 0.15) is 21.5 Å². The summed E-state index contributed by atoms with van der Waals surface area (Å²) in [6.45, 7) is 0.297. The van der Waals surface area contributed by atoms with Crippen LogP contribution in [0.5, 0.6) is 5.75 Å². The van der Waals surface area contributed by atoms with Crippen molar-refractivity contribution < 1.29 is 14.5 Å². The third kappa shape index (κ3) is 4.65. The van der Waals surface area contributed by atoms with Crippen LogP contribution in [0.4, 0.5) is 5.69 Å². The van der Waals surface area contributed by atoms with Crippen LogP contribution >= 0.6 is 0 Å². The molecule has 0 atom stereocenters. The molecule has 4 rings (SSSR count). The summed E-state index contributed by atoms with van der Waals surface area (Å²) in [7, 11) is 1.56.